The first-order chi connectivity index (χ1) is 6.88. The molecule has 0 aliphatic carbocycles. The van der Waals surface area contributed by atoms with Crippen molar-refractivity contribution in [2.75, 3.05) is 0 Å². The van der Waals surface area contributed by atoms with E-state index in [0.29, 0.717) is 11.5 Å². The topological polar surface area (TPSA) is 79.5 Å². The average molecular weight is 191 g/mol. The van der Waals surface area contributed by atoms with Crippen LogP contribution < -0.4 is 14.2 Å². The van der Waals surface area contributed by atoms with E-state index in [4.69, 9.17) is 18.6 Å². The van der Waals surface area contributed by atoms with Crippen LogP contribution in [0.3, 0.4) is 0 Å². The van der Waals surface area contributed by atoms with Crippen LogP contribution >= 0.6 is 0 Å². The van der Waals surface area contributed by atoms with Gasteiger partial charge in [0.25, 0.3) is 5.75 Å². The van der Waals surface area contributed by atoms with Crippen molar-refractivity contribution in [3.05, 3.63) is 6.26 Å². The van der Waals surface area contributed by atoms with Crippen LogP contribution in [0.15, 0.2) is 10.7 Å². The molecule has 0 amide bonds. The van der Waals surface area contributed by atoms with Gasteiger partial charge in [-0.05, 0) is 0 Å². The average Bonchev–Trinajstić information content (AvgIpc) is 2.41. The van der Waals surface area contributed by atoms with Gasteiger partial charge in [0.2, 0.25) is 5.75 Å². The highest BCUT2D eigenvalue weighted by atomic mass is 16.6. The molecule has 7 heteroatoms. The van der Waals surface area contributed by atoms with Crippen LogP contribution in [0.25, 0.3) is 0 Å². The van der Waals surface area contributed by atoms with Crippen LogP contribution in [0.1, 0.15) is 0 Å². The number of fused-ring (bicyclic) bond motifs is 2. The van der Waals surface area contributed by atoms with Crippen LogP contribution in [0.4, 0.5) is 0 Å². The quantitative estimate of drug-likeness (QED) is 0.416. The lowest BCUT2D eigenvalue weighted by atomic mass is 10.5. The lowest BCUT2D eigenvalue weighted by Crippen LogP contribution is -1.95. The SMILES string of the molecule is c1oc2c3c1Oc1nc(nc(n1)O3)O2. The van der Waals surface area contributed by atoms with E-state index in [0.717, 1.165) is 0 Å². The molecule has 7 nitrogen and oxygen atoms in total. The van der Waals surface area contributed by atoms with E-state index in [1.165, 1.54) is 6.26 Å². The Labute approximate surface area is 76.3 Å². The van der Waals surface area contributed by atoms with Crippen molar-refractivity contribution in [1.29, 1.82) is 0 Å². The largest absolute Gasteiger partial charge is 0.427 e. The minimum atomic E-state index is 0.101. The lowest BCUT2D eigenvalue weighted by Gasteiger charge is -2.01. The van der Waals surface area contributed by atoms with Gasteiger partial charge in [0.05, 0.1) is 0 Å². The Morgan fingerprint density at radius 2 is 1.57 bits per heavy atom. The molecule has 0 unspecified atom stereocenters. The van der Waals surface area contributed by atoms with Gasteiger partial charge in [-0.3, -0.25) is 0 Å². The van der Waals surface area contributed by atoms with Crippen LogP contribution in [-0.4, -0.2) is 15.0 Å². The van der Waals surface area contributed by atoms with Gasteiger partial charge in [-0.2, -0.15) is 0 Å². The van der Waals surface area contributed by atoms with E-state index in [1.807, 2.05) is 0 Å². The third kappa shape index (κ3) is 0.608. The Morgan fingerprint density at radius 1 is 0.857 bits per heavy atom. The molecule has 2 aromatic rings. The minimum Gasteiger partial charge on any atom is -0.427 e. The first kappa shape index (κ1) is 6.19. The number of furan rings is 1. The normalized spacial score (nSPS) is 14.0. The lowest BCUT2D eigenvalue weighted by molar-refractivity contribution is 0.319. The summed E-state index contributed by atoms with van der Waals surface area (Å²) in [5.74, 6) is 0.898. The smallest absolute Gasteiger partial charge is 0.341 e. The highest BCUT2D eigenvalue weighted by molar-refractivity contribution is 5.50. The second kappa shape index (κ2) is 1.79. The van der Waals surface area contributed by atoms with Crippen molar-refractivity contribution in [2.45, 2.75) is 0 Å². The number of rotatable bonds is 0. The van der Waals surface area contributed by atoms with E-state index < -0.39 is 0 Å². The maximum atomic E-state index is 5.28. The predicted molar refractivity (Wildman–Crippen MR) is 38.8 cm³/mol. The summed E-state index contributed by atoms with van der Waals surface area (Å²) in [7, 11) is 0. The third-order valence-corrected chi connectivity index (χ3v) is 1.83. The molecule has 0 N–H and O–H groups in total. The number of nitrogens with zero attached hydrogens (tertiary/aromatic N) is 3. The van der Waals surface area contributed by atoms with Gasteiger partial charge in [0.15, 0.2) is 0 Å². The summed E-state index contributed by atoms with van der Waals surface area (Å²) < 4.78 is 20.8. The predicted octanol–water partition coefficient (Wildman–Crippen LogP) is 1.47. The van der Waals surface area contributed by atoms with Crippen LogP contribution in [0, 0.1) is 0 Å². The van der Waals surface area contributed by atoms with Crippen LogP contribution in [-0.2, 0) is 0 Å². The third-order valence-electron chi connectivity index (χ3n) is 1.83. The van der Waals surface area contributed by atoms with Crippen molar-refractivity contribution in [1.82, 2.24) is 15.0 Å². The monoisotopic (exact) mass is 191 g/mol. The van der Waals surface area contributed by atoms with Crippen LogP contribution in [0.5, 0.6) is 35.5 Å². The fourth-order valence-electron chi connectivity index (χ4n) is 1.28. The first-order valence-electron chi connectivity index (χ1n) is 3.79. The Hall–Kier alpha value is -2.31. The van der Waals surface area contributed by atoms with Gasteiger partial charge in [0.1, 0.15) is 6.26 Å². The summed E-state index contributed by atoms with van der Waals surface area (Å²) in [6.45, 7) is 0. The molecule has 2 aromatic heterocycles. The zero-order valence-corrected chi connectivity index (χ0v) is 6.55. The zero-order valence-electron chi connectivity index (χ0n) is 6.55. The van der Waals surface area contributed by atoms with E-state index in [1.54, 1.807) is 0 Å². The molecule has 2 aliphatic rings. The highest BCUT2D eigenvalue weighted by Gasteiger charge is 2.31. The first-order valence-corrected chi connectivity index (χ1v) is 3.79. The van der Waals surface area contributed by atoms with Crippen molar-refractivity contribution in [2.24, 2.45) is 0 Å². The molecule has 2 aliphatic heterocycles. The Bertz CT molecular complexity index is 507. The van der Waals surface area contributed by atoms with E-state index in [2.05, 4.69) is 15.0 Å². The molecule has 0 spiro atoms. The van der Waals surface area contributed by atoms with Gasteiger partial charge >= 0.3 is 24.0 Å². The molecule has 0 atom stereocenters. The molecule has 0 fully saturated rings. The molecule has 0 aromatic carbocycles. The fraction of sp³-hybridized carbons (Fsp3) is 0. The fourth-order valence-corrected chi connectivity index (χ4v) is 1.28. The molecule has 4 rings (SSSR count). The van der Waals surface area contributed by atoms with Gasteiger partial charge in [-0.15, -0.1) is 15.0 Å². The molecular weight excluding hydrogens is 190 g/mol. The number of aromatic nitrogens is 3. The number of hydrogen-bond acceptors (Lipinski definition) is 7. The standard InChI is InChI=1S/C7HN3O4/c1-2-3-4(11-1)14-7-9-5(12-2)8-6(10-7)13-3/h1H. The molecule has 4 bridgehead atoms. The van der Waals surface area contributed by atoms with Crippen molar-refractivity contribution < 1.29 is 18.6 Å². The molecule has 14 heavy (non-hydrogen) atoms. The van der Waals surface area contributed by atoms with Crippen molar-refractivity contribution in [3.8, 4) is 35.5 Å². The zero-order chi connectivity index (χ0) is 9.12. The van der Waals surface area contributed by atoms with E-state index in [-0.39, 0.29) is 24.0 Å². The number of hydrogen-bond donors (Lipinski definition) is 0. The molecule has 0 saturated carbocycles. The Morgan fingerprint density at radius 3 is 2.43 bits per heavy atom. The summed E-state index contributed by atoms with van der Waals surface area (Å²) in [5, 5.41) is 0. The summed E-state index contributed by atoms with van der Waals surface area (Å²) in [5.41, 5.74) is 0. The molecular formula is C7HN3O4. The molecule has 68 valence electrons. The van der Waals surface area contributed by atoms with Gasteiger partial charge < -0.3 is 18.6 Å². The summed E-state index contributed by atoms with van der Waals surface area (Å²) >= 11 is 0. The molecule has 0 saturated heterocycles. The molecule has 4 heterocycles. The minimum absolute atomic E-state index is 0.101. The summed E-state index contributed by atoms with van der Waals surface area (Å²) in [6.07, 6.45) is 1.37. The Balaban J connectivity index is 2.17. The van der Waals surface area contributed by atoms with Gasteiger partial charge in [0, 0.05) is 0 Å². The highest BCUT2D eigenvalue weighted by Crippen LogP contribution is 2.48. The maximum Gasteiger partial charge on any atom is 0.341 e. The summed E-state index contributed by atoms with van der Waals surface area (Å²) in [6, 6.07) is 0.379. The number of ether oxygens (including phenoxy) is 3. The summed E-state index contributed by atoms with van der Waals surface area (Å²) in [4.78, 5) is 11.6. The molecule has 0 radical (unpaired) electrons. The van der Waals surface area contributed by atoms with Gasteiger partial charge in [-0.25, -0.2) is 0 Å². The van der Waals surface area contributed by atoms with Crippen molar-refractivity contribution >= 4 is 0 Å². The van der Waals surface area contributed by atoms with E-state index >= 15 is 0 Å². The second-order valence-corrected chi connectivity index (χ2v) is 2.71. The van der Waals surface area contributed by atoms with Crippen molar-refractivity contribution in [3.63, 3.8) is 0 Å². The van der Waals surface area contributed by atoms with E-state index in [9.17, 15) is 0 Å². The maximum absolute atomic E-state index is 5.28. The van der Waals surface area contributed by atoms with Crippen LogP contribution in [0.2, 0.25) is 0 Å². The van der Waals surface area contributed by atoms with Gasteiger partial charge in [-0.1, -0.05) is 0 Å². The second-order valence-electron chi connectivity index (χ2n) is 2.71. The Kier molecular flexibility index (Phi) is 0.791.